The molecule has 2 aliphatic carbocycles. The third kappa shape index (κ3) is 4.28. The van der Waals surface area contributed by atoms with E-state index < -0.39 is 6.09 Å². The van der Waals surface area contributed by atoms with Crippen molar-refractivity contribution in [1.29, 1.82) is 0 Å². The van der Waals surface area contributed by atoms with Gasteiger partial charge in [0.2, 0.25) is 0 Å². The molecule has 5 rings (SSSR count). The highest BCUT2D eigenvalue weighted by molar-refractivity contribution is 5.86. The maximum atomic E-state index is 12.0. The Morgan fingerprint density at radius 3 is 2.68 bits per heavy atom. The molecule has 2 aliphatic rings. The van der Waals surface area contributed by atoms with Crippen LogP contribution in [0.1, 0.15) is 52.5 Å². The average molecular weight is 462 g/mol. The van der Waals surface area contributed by atoms with Gasteiger partial charge < -0.3 is 18.5 Å². The van der Waals surface area contributed by atoms with Gasteiger partial charge in [0, 0.05) is 28.9 Å². The maximum Gasteiger partial charge on any atom is 0.411 e. The molecule has 1 atom stereocenters. The fourth-order valence-electron chi connectivity index (χ4n) is 4.78. The Hall–Kier alpha value is -3.32. The van der Waals surface area contributed by atoms with Gasteiger partial charge in [-0.3, -0.25) is 5.32 Å². The number of benzene rings is 1. The van der Waals surface area contributed by atoms with Crippen molar-refractivity contribution in [2.75, 3.05) is 11.9 Å². The number of amides is 1. The highest BCUT2D eigenvalue weighted by Crippen LogP contribution is 2.38. The molecule has 1 saturated carbocycles. The molecule has 0 aliphatic heterocycles. The summed E-state index contributed by atoms with van der Waals surface area (Å²) in [7, 11) is 0. The molecule has 1 fully saturated rings. The molecule has 1 amide bonds. The monoisotopic (exact) mass is 461 g/mol. The first-order chi connectivity index (χ1) is 16.5. The SMILES string of the molecule is CCOC1C=c2c(c(-c3cnco3)c(-c3ccc(NC(=O)OC(C)C)cc3)n2C2CCC2)=CC1. The number of carbonyl (C=O) groups excluding carboxylic acids is 1. The largest absolute Gasteiger partial charge is 0.447 e. The third-order valence-electron chi connectivity index (χ3n) is 6.43. The summed E-state index contributed by atoms with van der Waals surface area (Å²) in [6, 6.07) is 8.34. The normalized spacial score (nSPS) is 17.5. The number of oxazole rings is 1. The molecule has 0 spiro atoms. The number of aromatic nitrogens is 2. The van der Waals surface area contributed by atoms with Crippen LogP contribution in [-0.4, -0.2) is 34.5 Å². The Morgan fingerprint density at radius 2 is 2.06 bits per heavy atom. The molecule has 0 saturated heterocycles. The standard InChI is InChI=1S/C27H31N3O4/c1-4-32-21-12-13-22-23(14-21)30(20-6-5-7-20)26(25(22)24-15-28-16-33-24)18-8-10-19(11-9-18)29-27(31)34-17(2)3/h8-11,13-17,20-21H,4-7,12H2,1-3H3,(H,29,31). The molecular weight excluding hydrogens is 430 g/mol. The van der Waals surface area contributed by atoms with E-state index in [0.29, 0.717) is 18.3 Å². The van der Waals surface area contributed by atoms with Crippen molar-refractivity contribution in [3.63, 3.8) is 0 Å². The highest BCUT2D eigenvalue weighted by Gasteiger charge is 2.29. The number of rotatable bonds is 7. The fraction of sp³-hybridized carbons (Fsp3) is 0.407. The van der Waals surface area contributed by atoms with E-state index in [1.54, 1.807) is 6.20 Å². The third-order valence-corrected chi connectivity index (χ3v) is 6.43. The van der Waals surface area contributed by atoms with Crippen molar-refractivity contribution in [3.05, 3.63) is 47.4 Å². The van der Waals surface area contributed by atoms with Crippen molar-refractivity contribution in [1.82, 2.24) is 9.55 Å². The summed E-state index contributed by atoms with van der Waals surface area (Å²) in [5.41, 5.74) is 3.93. The van der Waals surface area contributed by atoms with Crippen LogP contribution in [0, 0.1) is 0 Å². The predicted octanol–water partition coefficient (Wildman–Crippen LogP) is 4.86. The molecule has 178 valence electrons. The lowest BCUT2D eigenvalue weighted by atomic mass is 9.92. The summed E-state index contributed by atoms with van der Waals surface area (Å²) in [6.45, 7) is 6.37. The molecule has 0 radical (unpaired) electrons. The number of nitrogens with zero attached hydrogens (tertiary/aromatic N) is 2. The van der Waals surface area contributed by atoms with Gasteiger partial charge in [-0.05, 0) is 70.2 Å². The predicted molar refractivity (Wildman–Crippen MR) is 132 cm³/mol. The molecule has 7 nitrogen and oxygen atoms in total. The van der Waals surface area contributed by atoms with Crippen molar-refractivity contribution in [2.24, 2.45) is 0 Å². The molecule has 1 N–H and O–H groups in total. The summed E-state index contributed by atoms with van der Waals surface area (Å²) in [6.07, 6.45) is 11.6. The minimum Gasteiger partial charge on any atom is -0.447 e. The zero-order chi connectivity index (χ0) is 23.7. The molecule has 1 aromatic carbocycles. The first kappa shape index (κ1) is 22.5. The second kappa shape index (κ2) is 9.50. The van der Waals surface area contributed by atoms with Crippen LogP contribution < -0.4 is 15.9 Å². The number of anilines is 1. The Balaban J connectivity index is 1.64. The number of ether oxygens (including phenoxy) is 2. The average Bonchev–Trinajstić information content (AvgIpc) is 3.39. The number of hydrogen-bond donors (Lipinski definition) is 1. The summed E-state index contributed by atoms with van der Waals surface area (Å²) >= 11 is 0. The summed E-state index contributed by atoms with van der Waals surface area (Å²) < 4.78 is 19.4. The lowest BCUT2D eigenvalue weighted by Crippen LogP contribution is -2.38. The zero-order valence-electron chi connectivity index (χ0n) is 19.9. The maximum absolute atomic E-state index is 12.0. The Morgan fingerprint density at radius 1 is 1.26 bits per heavy atom. The number of carbonyl (C=O) groups is 1. The lowest BCUT2D eigenvalue weighted by molar-refractivity contribution is 0.110. The summed E-state index contributed by atoms with van der Waals surface area (Å²) in [4.78, 5) is 16.2. The molecule has 2 heterocycles. The second-order valence-electron chi connectivity index (χ2n) is 9.10. The minimum absolute atomic E-state index is 0.0696. The Bertz CT molecular complexity index is 1270. The minimum atomic E-state index is -0.454. The number of nitrogens with one attached hydrogen (secondary N) is 1. The first-order valence-electron chi connectivity index (χ1n) is 12.1. The van der Waals surface area contributed by atoms with Gasteiger partial charge in [0.15, 0.2) is 12.2 Å². The van der Waals surface area contributed by atoms with Crippen LogP contribution in [0.3, 0.4) is 0 Å². The smallest absolute Gasteiger partial charge is 0.411 e. The molecule has 2 aromatic heterocycles. The van der Waals surface area contributed by atoms with Crippen molar-refractivity contribution >= 4 is 23.9 Å². The second-order valence-corrected chi connectivity index (χ2v) is 9.10. The summed E-state index contributed by atoms with van der Waals surface area (Å²) in [5, 5.41) is 5.17. The van der Waals surface area contributed by atoms with Gasteiger partial charge >= 0.3 is 6.09 Å². The van der Waals surface area contributed by atoms with Gasteiger partial charge in [-0.25, -0.2) is 9.78 Å². The number of fused-ring (bicyclic) bond motifs is 1. The van der Waals surface area contributed by atoms with Gasteiger partial charge in [0.1, 0.15) is 0 Å². The molecule has 1 unspecified atom stereocenters. The van der Waals surface area contributed by atoms with Crippen LogP contribution in [0.25, 0.3) is 34.7 Å². The van der Waals surface area contributed by atoms with Crippen LogP contribution >= 0.6 is 0 Å². The molecule has 34 heavy (non-hydrogen) atoms. The van der Waals surface area contributed by atoms with Crippen molar-refractivity contribution < 1.29 is 18.7 Å². The van der Waals surface area contributed by atoms with E-state index in [2.05, 4.69) is 27.0 Å². The quantitative estimate of drug-likeness (QED) is 0.544. The van der Waals surface area contributed by atoms with Gasteiger partial charge in [0.05, 0.1) is 29.7 Å². The van der Waals surface area contributed by atoms with Crippen LogP contribution in [0.4, 0.5) is 10.5 Å². The van der Waals surface area contributed by atoms with Crippen LogP contribution in [0.5, 0.6) is 0 Å². The zero-order valence-corrected chi connectivity index (χ0v) is 19.9. The number of hydrogen-bond acceptors (Lipinski definition) is 5. The van der Waals surface area contributed by atoms with E-state index in [-0.39, 0.29) is 12.2 Å². The van der Waals surface area contributed by atoms with Crippen molar-refractivity contribution in [2.45, 2.75) is 64.7 Å². The van der Waals surface area contributed by atoms with E-state index in [4.69, 9.17) is 13.9 Å². The lowest BCUT2D eigenvalue weighted by Gasteiger charge is -2.30. The van der Waals surface area contributed by atoms with E-state index in [1.807, 2.05) is 45.0 Å². The molecule has 3 aromatic rings. The Labute approximate surface area is 199 Å². The molecular formula is C27H31N3O4. The Kier molecular flexibility index (Phi) is 6.28. The van der Waals surface area contributed by atoms with E-state index in [1.165, 1.54) is 23.4 Å². The summed E-state index contributed by atoms with van der Waals surface area (Å²) in [5.74, 6) is 0.756. The topological polar surface area (TPSA) is 78.5 Å². The van der Waals surface area contributed by atoms with Gasteiger partial charge in [-0.1, -0.05) is 18.2 Å². The highest BCUT2D eigenvalue weighted by atomic mass is 16.6. The van der Waals surface area contributed by atoms with Gasteiger partial charge in [0.25, 0.3) is 0 Å². The van der Waals surface area contributed by atoms with Crippen LogP contribution in [0.2, 0.25) is 0 Å². The molecule has 7 heteroatoms. The van der Waals surface area contributed by atoms with E-state index in [0.717, 1.165) is 41.8 Å². The van der Waals surface area contributed by atoms with E-state index >= 15 is 0 Å². The van der Waals surface area contributed by atoms with E-state index in [9.17, 15) is 4.79 Å². The fourth-order valence-corrected chi connectivity index (χ4v) is 4.78. The van der Waals surface area contributed by atoms with Gasteiger partial charge in [-0.2, -0.15) is 0 Å². The van der Waals surface area contributed by atoms with Crippen LogP contribution in [-0.2, 0) is 9.47 Å². The molecule has 0 bridgehead atoms. The van der Waals surface area contributed by atoms with Crippen LogP contribution in [0.15, 0.2) is 41.3 Å². The van der Waals surface area contributed by atoms with Crippen molar-refractivity contribution in [3.8, 4) is 22.6 Å². The first-order valence-corrected chi connectivity index (χ1v) is 12.1. The van der Waals surface area contributed by atoms with Gasteiger partial charge in [-0.15, -0.1) is 0 Å².